The van der Waals surface area contributed by atoms with Crippen LogP contribution in [0.25, 0.3) is 0 Å². The van der Waals surface area contributed by atoms with E-state index in [1.807, 2.05) is 0 Å². The first kappa shape index (κ1) is 14.3. The molecule has 0 bridgehead atoms. The molecule has 0 spiro atoms. The average molecular weight is 261 g/mol. The molecule has 0 aliphatic heterocycles. The maximum atomic E-state index is 4.86. The van der Waals surface area contributed by atoms with Crippen molar-refractivity contribution >= 4 is 5.82 Å². The molecule has 1 atom stereocenters. The van der Waals surface area contributed by atoms with Crippen LogP contribution < -0.4 is 5.32 Å². The second-order valence-corrected chi connectivity index (χ2v) is 5.65. The Labute approximate surface area is 117 Å². The van der Waals surface area contributed by atoms with Gasteiger partial charge in [0.1, 0.15) is 11.6 Å². The van der Waals surface area contributed by atoms with E-state index in [-0.39, 0.29) is 0 Å². The van der Waals surface area contributed by atoms with Crippen molar-refractivity contribution in [3.05, 3.63) is 17.1 Å². The Kier molecular flexibility index (Phi) is 5.17. The number of hydrogen-bond acceptors (Lipinski definition) is 3. The number of nitrogens with zero attached hydrogens (tertiary/aromatic N) is 2. The molecule has 0 radical (unpaired) electrons. The van der Waals surface area contributed by atoms with E-state index in [1.165, 1.54) is 30.5 Å². The van der Waals surface area contributed by atoms with Crippen LogP contribution in [0.5, 0.6) is 0 Å². The molecule has 106 valence electrons. The van der Waals surface area contributed by atoms with Gasteiger partial charge in [0.2, 0.25) is 0 Å². The van der Waals surface area contributed by atoms with Crippen molar-refractivity contribution in [3.63, 3.8) is 0 Å². The predicted octanol–water partition coefficient (Wildman–Crippen LogP) is 4.08. The van der Waals surface area contributed by atoms with E-state index in [0.29, 0.717) is 5.92 Å². The van der Waals surface area contributed by atoms with Crippen LogP contribution in [0.4, 0.5) is 5.82 Å². The third-order valence-electron chi connectivity index (χ3n) is 4.05. The van der Waals surface area contributed by atoms with E-state index in [2.05, 4.69) is 26.1 Å². The highest BCUT2D eigenvalue weighted by Gasteiger charge is 2.18. The zero-order valence-electron chi connectivity index (χ0n) is 12.6. The lowest BCUT2D eigenvalue weighted by atomic mass is 10.1. The van der Waals surface area contributed by atoms with Crippen LogP contribution in [-0.4, -0.2) is 16.5 Å². The number of nitrogens with one attached hydrogen (secondary N) is 1. The Balaban J connectivity index is 2.36. The fourth-order valence-electron chi connectivity index (χ4n) is 2.58. The quantitative estimate of drug-likeness (QED) is 0.812. The zero-order valence-corrected chi connectivity index (χ0v) is 12.6. The van der Waals surface area contributed by atoms with Crippen molar-refractivity contribution < 1.29 is 0 Å². The summed E-state index contributed by atoms with van der Waals surface area (Å²) in [6.07, 6.45) is 8.38. The smallest absolute Gasteiger partial charge is 0.133 e. The van der Waals surface area contributed by atoms with Gasteiger partial charge in [-0.05, 0) is 38.5 Å². The Morgan fingerprint density at radius 2 is 1.89 bits per heavy atom. The summed E-state index contributed by atoms with van der Waals surface area (Å²) in [5, 5.41) is 3.52. The molecule has 1 heterocycles. The second kappa shape index (κ2) is 6.88. The highest BCUT2D eigenvalue weighted by atomic mass is 15.0. The van der Waals surface area contributed by atoms with Crippen LogP contribution in [0.2, 0.25) is 0 Å². The number of aryl methyl sites for hydroxylation is 1. The number of fused-ring (bicyclic) bond motifs is 1. The highest BCUT2D eigenvalue weighted by Crippen LogP contribution is 2.27. The molecule has 2 rings (SSSR count). The largest absolute Gasteiger partial charge is 0.370 e. The van der Waals surface area contributed by atoms with E-state index in [1.54, 1.807) is 0 Å². The lowest BCUT2D eigenvalue weighted by Crippen LogP contribution is -2.13. The van der Waals surface area contributed by atoms with Crippen molar-refractivity contribution in [1.29, 1.82) is 0 Å². The van der Waals surface area contributed by atoms with Gasteiger partial charge in [0.15, 0.2) is 0 Å². The third-order valence-corrected chi connectivity index (χ3v) is 4.05. The van der Waals surface area contributed by atoms with Crippen molar-refractivity contribution in [2.45, 2.75) is 71.6 Å². The van der Waals surface area contributed by atoms with Crippen molar-refractivity contribution in [3.8, 4) is 0 Å². The van der Waals surface area contributed by atoms with Gasteiger partial charge in [-0.3, -0.25) is 0 Å². The number of aromatic nitrogens is 2. The minimum atomic E-state index is 0.454. The molecule has 0 aromatic carbocycles. The van der Waals surface area contributed by atoms with Gasteiger partial charge in [0.05, 0.1) is 0 Å². The molecule has 1 aliphatic carbocycles. The lowest BCUT2D eigenvalue weighted by Gasteiger charge is -2.16. The molecule has 3 heteroatoms. The summed E-state index contributed by atoms with van der Waals surface area (Å²) in [7, 11) is 0. The van der Waals surface area contributed by atoms with Crippen LogP contribution in [0.15, 0.2) is 0 Å². The van der Waals surface area contributed by atoms with E-state index in [9.17, 15) is 0 Å². The maximum absolute atomic E-state index is 4.86. The Morgan fingerprint density at radius 1 is 1.11 bits per heavy atom. The van der Waals surface area contributed by atoms with Crippen LogP contribution in [0.3, 0.4) is 0 Å². The third kappa shape index (κ3) is 3.46. The number of hydrogen-bond donors (Lipinski definition) is 1. The first-order chi connectivity index (χ1) is 9.26. The fourth-order valence-corrected chi connectivity index (χ4v) is 2.58. The van der Waals surface area contributed by atoms with Gasteiger partial charge in [-0.15, -0.1) is 0 Å². The van der Waals surface area contributed by atoms with Gasteiger partial charge >= 0.3 is 0 Å². The van der Waals surface area contributed by atoms with Crippen LogP contribution in [0, 0.1) is 0 Å². The average Bonchev–Trinajstić information content (AvgIpc) is 2.68. The predicted molar refractivity (Wildman–Crippen MR) is 80.8 cm³/mol. The molecule has 19 heavy (non-hydrogen) atoms. The molecule has 1 N–H and O–H groups in total. The van der Waals surface area contributed by atoms with Gasteiger partial charge in [-0.25, -0.2) is 9.97 Å². The summed E-state index contributed by atoms with van der Waals surface area (Å²) in [4.78, 5) is 9.68. The van der Waals surface area contributed by atoms with E-state index >= 15 is 0 Å². The normalized spacial score (nSPS) is 16.6. The minimum absolute atomic E-state index is 0.454. The fraction of sp³-hybridized carbons (Fsp3) is 0.750. The Morgan fingerprint density at radius 3 is 2.63 bits per heavy atom. The summed E-state index contributed by atoms with van der Waals surface area (Å²) in [6.45, 7) is 7.63. The Hall–Kier alpha value is -1.12. The van der Waals surface area contributed by atoms with Crippen LogP contribution >= 0.6 is 0 Å². The summed E-state index contributed by atoms with van der Waals surface area (Å²) in [5.41, 5.74) is 2.69. The highest BCUT2D eigenvalue weighted by molar-refractivity contribution is 5.47. The van der Waals surface area contributed by atoms with E-state index < -0.39 is 0 Å². The maximum Gasteiger partial charge on any atom is 0.133 e. The summed E-state index contributed by atoms with van der Waals surface area (Å²) in [6, 6.07) is 0. The molecule has 1 aromatic rings. The molecule has 1 aliphatic rings. The van der Waals surface area contributed by atoms with Gasteiger partial charge in [0.25, 0.3) is 0 Å². The summed E-state index contributed by atoms with van der Waals surface area (Å²) >= 11 is 0. The van der Waals surface area contributed by atoms with E-state index in [0.717, 1.165) is 43.9 Å². The standard InChI is InChI=1S/C16H27N3/c1-4-11-17-16-13-9-7-6-8-10-14(13)18-15(19-16)12(3)5-2/h12H,4-11H2,1-3H3,(H,17,18,19). The van der Waals surface area contributed by atoms with Gasteiger partial charge < -0.3 is 5.32 Å². The number of rotatable bonds is 5. The Bertz CT molecular complexity index is 415. The van der Waals surface area contributed by atoms with Crippen molar-refractivity contribution in [2.24, 2.45) is 0 Å². The van der Waals surface area contributed by atoms with E-state index in [4.69, 9.17) is 9.97 Å². The summed E-state index contributed by atoms with van der Waals surface area (Å²) < 4.78 is 0. The SMILES string of the molecule is CCCNc1nc(C(C)CC)nc2c1CCCCC2. The minimum Gasteiger partial charge on any atom is -0.370 e. The van der Waals surface area contributed by atoms with Crippen molar-refractivity contribution in [2.75, 3.05) is 11.9 Å². The molecular weight excluding hydrogens is 234 g/mol. The molecule has 1 aromatic heterocycles. The van der Waals surface area contributed by atoms with Crippen molar-refractivity contribution in [1.82, 2.24) is 9.97 Å². The molecule has 0 saturated carbocycles. The van der Waals surface area contributed by atoms with Gasteiger partial charge in [0, 0.05) is 23.7 Å². The lowest BCUT2D eigenvalue weighted by molar-refractivity contribution is 0.665. The topological polar surface area (TPSA) is 37.8 Å². The zero-order chi connectivity index (χ0) is 13.7. The first-order valence-electron chi connectivity index (χ1n) is 7.89. The summed E-state index contributed by atoms with van der Waals surface area (Å²) in [5.74, 6) is 2.60. The molecule has 0 saturated heterocycles. The van der Waals surface area contributed by atoms with Crippen LogP contribution in [0.1, 0.15) is 75.9 Å². The second-order valence-electron chi connectivity index (χ2n) is 5.65. The molecule has 1 unspecified atom stereocenters. The molecule has 0 fully saturated rings. The molecule has 0 amide bonds. The first-order valence-corrected chi connectivity index (χ1v) is 7.89. The number of anilines is 1. The molecule has 3 nitrogen and oxygen atoms in total. The van der Waals surface area contributed by atoms with Gasteiger partial charge in [-0.1, -0.05) is 27.2 Å². The molecular formula is C16H27N3. The van der Waals surface area contributed by atoms with Gasteiger partial charge in [-0.2, -0.15) is 0 Å². The van der Waals surface area contributed by atoms with Crippen LogP contribution in [-0.2, 0) is 12.8 Å². The monoisotopic (exact) mass is 261 g/mol.